The van der Waals surface area contributed by atoms with Crippen LogP contribution in [0.3, 0.4) is 0 Å². The summed E-state index contributed by atoms with van der Waals surface area (Å²) in [6.07, 6.45) is 0. The Morgan fingerprint density at radius 3 is 2.17 bits per heavy atom. The molecule has 0 bridgehead atoms. The number of hydrazine groups is 1. The Bertz CT molecular complexity index is 742. The first kappa shape index (κ1) is 16.6. The smallest absolute Gasteiger partial charge is 0.269 e. The molecule has 2 rings (SSSR count). The molecule has 0 spiro atoms. The van der Waals surface area contributed by atoms with Crippen LogP contribution in [0.2, 0.25) is 0 Å². The van der Waals surface area contributed by atoms with Crippen molar-refractivity contribution >= 4 is 29.1 Å². The van der Waals surface area contributed by atoms with E-state index in [0.717, 1.165) is 11.1 Å². The van der Waals surface area contributed by atoms with Crippen LogP contribution in [0.15, 0.2) is 48.5 Å². The van der Waals surface area contributed by atoms with Gasteiger partial charge in [-0.05, 0) is 50.3 Å². The molecule has 2 aromatic carbocycles. The molecule has 0 aliphatic rings. The van der Waals surface area contributed by atoms with Gasteiger partial charge in [-0.2, -0.15) is 0 Å². The molecule has 0 radical (unpaired) electrons. The van der Waals surface area contributed by atoms with Crippen LogP contribution in [-0.4, -0.2) is 16.9 Å². The van der Waals surface area contributed by atoms with Gasteiger partial charge in [-0.1, -0.05) is 35.4 Å². The predicted octanol–water partition coefficient (Wildman–Crippen LogP) is 2.25. The van der Waals surface area contributed by atoms with E-state index in [1.165, 1.54) is 0 Å². The lowest BCUT2D eigenvalue weighted by atomic mass is 10.1. The van der Waals surface area contributed by atoms with E-state index in [1.807, 2.05) is 32.0 Å². The maximum Gasteiger partial charge on any atom is 0.269 e. The quantitative estimate of drug-likeness (QED) is 0.584. The maximum atomic E-state index is 12.0. The normalized spacial score (nSPS) is 9.83. The summed E-state index contributed by atoms with van der Waals surface area (Å²) < 4.78 is 0. The average Bonchev–Trinajstić information content (AvgIpc) is 2.53. The van der Waals surface area contributed by atoms with Gasteiger partial charge >= 0.3 is 0 Å². The summed E-state index contributed by atoms with van der Waals surface area (Å²) in [6.45, 7) is 3.84. The van der Waals surface area contributed by atoms with Gasteiger partial charge in [0.15, 0.2) is 5.11 Å². The summed E-state index contributed by atoms with van der Waals surface area (Å²) in [5.74, 6) is -0.673. The molecule has 3 N–H and O–H groups in total. The van der Waals surface area contributed by atoms with E-state index in [9.17, 15) is 9.59 Å². The summed E-state index contributed by atoms with van der Waals surface area (Å²) in [5, 5.41) is 2.53. The highest BCUT2D eigenvalue weighted by molar-refractivity contribution is 7.80. The fraction of sp³-hybridized carbons (Fsp3) is 0.118. The van der Waals surface area contributed by atoms with Gasteiger partial charge in [0.25, 0.3) is 11.8 Å². The zero-order valence-corrected chi connectivity index (χ0v) is 13.7. The molecule has 0 atom stereocenters. The fourth-order valence-corrected chi connectivity index (χ4v) is 2.03. The molecular weight excluding hydrogens is 310 g/mol. The highest BCUT2D eigenvalue weighted by atomic mass is 32.1. The van der Waals surface area contributed by atoms with E-state index >= 15 is 0 Å². The third kappa shape index (κ3) is 4.89. The second-order valence-electron chi connectivity index (χ2n) is 5.10. The zero-order valence-electron chi connectivity index (χ0n) is 12.8. The topological polar surface area (TPSA) is 70.2 Å². The first-order chi connectivity index (χ1) is 11.0. The molecule has 0 aromatic heterocycles. The van der Waals surface area contributed by atoms with Crippen molar-refractivity contribution in [1.29, 1.82) is 0 Å². The van der Waals surface area contributed by atoms with Gasteiger partial charge in [0.05, 0.1) is 0 Å². The molecule has 5 nitrogen and oxygen atoms in total. The lowest BCUT2D eigenvalue weighted by molar-refractivity contribution is 0.0934. The molecule has 0 fully saturated rings. The summed E-state index contributed by atoms with van der Waals surface area (Å²) in [5.41, 5.74) is 8.00. The summed E-state index contributed by atoms with van der Waals surface area (Å²) in [4.78, 5) is 23.9. The number of thiocarbonyl (C=S) groups is 1. The van der Waals surface area contributed by atoms with Crippen molar-refractivity contribution in [3.05, 3.63) is 70.8 Å². The van der Waals surface area contributed by atoms with Crippen LogP contribution in [0.25, 0.3) is 0 Å². The molecule has 118 valence electrons. The van der Waals surface area contributed by atoms with Gasteiger partial charge in [-0.3, -0.25) is 25.8 Å². The number of amides is 2. The van der Waals surface area contributed by atoms with E-state index in [-0.39, 0.29) is 16.9 Å². The average molecular weight is 327 g/mol. The van der Waals surface area contributed by atoms with Gasteiger partial charge in [0.1, 0.15) is 0 Å². The van der Waals surface area contributed by atoms with E-state index < -0.39 is 0 Å². The Kier molecular flexibility index (Phi) is 5.43. The van der Waals surface area contributed by atoms with Gasteiger partial charge in [-0.15, -0.1) is 0 Å². The minimum atomic E-state index is -0.340. The molecule has 0 unspecified atom stereocenters. The number of benzene rings is 2. The van der Waals surface area contributed by atoms with E-state index in [2.05, 4.69) is 16.2 Å². The molecule has 2 amide bonds. The molecule has 0 aliphatic carbocycles. The van der Waals surface area contributed by atoms with Crippen LogP contribution >= 0.6 is 12.2 Å². The van der Waals surface area contributed by atoms with Crippen molar-refractivity contribution in [2.75, 3.05) is 0 Å². The number of hydrogen-bond donors (Lipinski definition) is 3. The molecular formula is C17H17N3O2S. The van der Waals surface area contributed by atoms with E-state index in [4.69, 9.17) is 12.2 Å². The van der Waals surface area contributed by atoms with E-state index in [0.29, 0.717) is 11.1 Å². The third-order valence-electron chi connectivity index (χ3n) is 3.11. The van der Waals surface area contributed by atoms with Crippen molar-refractivity contribution in [3.63, 3.8) is 0 Å². The minimum Gasteiger partial charge on any atom is -0.298 e. The van der Waals surface area contributed by atoms with Crippen LogP contribution < -0.4 is 16.2 Å². The summed E-state index contributed by atoms with van der Waals surface area (Å²) in [6, 6.07) is 14.2. The number of hydrogen-bond acceptors (Lipinski definition) is 3. The van der Waals surface area contributed by atoms with Gasteiger partial charge in [0.2, 0.25) is 0 Å². The molecule has 6 heteroatoms. The van der Waals surface area contributed by atoms with Crippen molar-refractivity contribution in [2.45, 2.75) is 13.8 Å². The molecule has 23 heavy (non-hydrogen) atoms. The first-order valence-corrected chi connectivity index (χ1v) is 7.41. The van der Waals surface area contributed by atoms with Crippen molar-refractivity contribution < 1.29 is 9.59 Å². The Hall–Kier alpha value is -2.73. The van der Waals surface area contributed by atoms with Crippen molar-refractivity contribution in [1.82, 2.24) is 16.2 Å². The number of nitrogens with one attached hydrogen (secondary N) is 3. The van der Waals surface area contributed by atoms with Crippen molar-refractivity contribution in [3.8, 4) is 0 Å². The van der Waals surface area contributed by atoms with E-state index in [1.54, 1.807) is 30.3 Å². The molecule has 0 saturated heterocycles. The summed E-state index contributed by atoms with van der Waals surface area (Å²) >= 11 is 4.99. The maximum absolute atomic E-state index is 12.0. The van der Waals surface area contributed by atoms with Crippen LogP contribution in [0.5, 0.6) is 0 Å². The lowest BCUT2D eigenvalue weighted by Gasteiger charge is -2.11. The fourth-order valence-electron chi connectivity index (χ4n) is 1.88. The van der Waals surface area contributed by atoms with Gasteiger partial charge < -0.3 is 0 Å². The largest absolute Gasteiger partial charge is 0.298 e. The number of rotatable bonds is 2. The van der Waals surface area contributed by atoms with Crippen LogP contribution in [-0.2, 0) is 0 Å². The van der Waals surface area contributed by atoms with Crippen LogP contribution in [0.1, 0.15) is 31.8 Å². The second kappa shape index (κ2) is 7.51. The predicted molar refractivity (Wildman–Crippen MR) is 93.0 cm³/mol. The minimum absolute atomic E-state index is 0.0246. The molecule has 0 heterocycles. The highest BCUT2D eigenvalue weighted by Gasteiger charge is 2.09. The molecule has 2 aromatic rings. The molecule has 0 aliphatic heterocycles. The third-order valence-corrected chi connectivity index (χ3v) is 3.31. The SMILES string of the molecule is Cc1ccc(C(=O)NC(=S)NNC(=O)c2cccc(C)c2)cc1. The van der Waals surface area contributed by atoms with Crippen LogP contribution in [0, 0.1) is 13.8 Å². The summed E-state index contributed by atoms with van der Waals surface area (Å²) in [7, 11) is 0. The number of carbonyl (C=O) groups is 2. The van der Waals surface area contributed by atoms with Gasteiger partial charge in [-0.25, -0.2) is 0 Å². The van der Waals surface area contributed by atoms with Crippen LogP contribution in [0.4, 0.5) is 0 Å². The Balaban J connectivity index is 1.86. The van der Waals surface area contributed by atoms with Crippen molar-refractivity contribution in [2.24, 2.45) is 0 Å². The number of carbonyl (C=O) groups excluding carboxylic acids is 2. The molecule has 0 saturated carbocycles. The zero-order chi connectivity index (χ0) is 16.8. The standard InChI is InChI=1S/C17H17N3O2S/c1-11-6-8-13(9-7-11)15(21)18-17(23)20-19-16(22)14-5-3-4-12(2)10-14/h3-10H,1-2H3,(H,19,22)(H2,18,20,21,23). The first-order valence-electron chi connectivity index (χ1n) is 7.01. The second-order valence-corrected chi connectivity index (χ2v) is 5.51. The lowest BCUT2D eigenvalue weighted by Crippen LogP contribution is -2.48. The Labute approximate surface area is 140 Å². The highest BCUT2D eigenvalue weighted by Crippen LogP contribution is 2.03. The Morgan fingerprint density at radius 1 is 0.826 bits per heavy atom. The van der Waals surface area contributed by atoms with Gasteiger partial charge in [0, 0.05) is 11.1 Å². The monoisotopic (exact) mass is 327 g/mol. The number of aryl methyl sites for hydroxylation is 2. The Morgan fingerprint density at radius 2 is 1.52 bits per heavy atom.